The van der Waals surface area contributed by atoms with E-state index in [9.17, 15) is 13.6 Å². The molecule has 24 heavy (non-hydrogen) atoms. The zero-order valence-corrected chi connectivity index (χ0v) is 13.3. The van der Waals surface area contributed by atoms with Crippen LogP contribution >= 0.6 is 0 Å². The molecule has 1 aliphatic rings. The lowest BCUT2D eigenvalue weighted by atomic mass is 9.98. The second-order valence-corrected chi connectivity index (χ2v) is 5.88. The van der Waals surface area contributed by atoms with E-state index < -0.39 is 0 Å². The van der Waals surface area contributed by atoms with Crippen molar-refractivity contribution in [2.24, 2.45) is 5.92 Å². The van der Waals surface area contributed by atoms with E-state index in [0.29, 0.717) is 37.3 Å². The largest absolute Gasteiger partial charge is 0.381 e. The second-order valence-electron chi connectivity index (χ2n) is 5.88. The molecule has 1 fully saturated rings. The van der Waals surface area contributed by atoms with Gasteiger partial charge in [-0.25, -0.2) is 8.78 Å². The van der Waals surface area contributed by atoms with E-state index in [1.54, 1.807) is 30.3 Å². The molecule has 0 saturated carbocycles. The summed E-state index contributed by atoms with van der Waals surface area (Å²) in [6, 6.07) is 12.1. The molecule has 0 bridgehead atoms. The van der Waals surface area contributed by atoms with Gasteiger partial charge in [-0.1, -0.05) is 18.2 Å². The van der Waals surface area contributed by atoms with Crippen molar-refractivity contribution in [3.63, 3.8) is 0 Å². The lowest BCUT2D eigenvalue weighted by Crippen LogP contribution is -2.38. The van der Waals surface area contributed by atoms with Crippen molar-refractivity contribution in [2.45, 2.75) is 19.4 Å². The van der Waals surface area contributed by atoms with Crippen LogP contribution in [0.4, 0.5) is 14.5 Å². The summed E-state index contributed by atoms with van der Waals surface area (Å²) < 4.78 is 32.5. The van der Waals surface area contributed by atoms with Gasteiger partial charge in [0.05, 0.1) is 6.54 Å². The van der Waals surface area contributed by atoms with Crippen LogP contribution < -0.4 is 4.90 Å². The first kappa shape index (κ1) is 16.6. The minimum Gasteiger partial charge on any atom is -0.381 e. The quantitative estimate of drug-likeness (QED) is 0.850. The van der Waals surface area contributed by atoms with Crippen molar-refractivity contribution in [1.29, 1.82) is 0 Å². The number of hydrogen-bond acceptors (Lipinski definition) is 2. The fourth-order valence-corrected chi connectivity index (χ4v) is 2.88. The molecule has 0 aromatic heterocycles. The standard InChI is InChI=1S/C19H19F2NO2/c20-16-5-7-17(8-6-16)22(13-15-3-1-2-4-18(15)21)19(23)14-9-11-24-12-10-14/h1-8,14H,9-13H2. The topological polar surface area (TPSA) is 29.5 Å². The highest BCUT2D eigenvalue weighted by Crippen LogP contribution is 2.25. The molecule has 1 saturated heterocycles. The van der Waals surface area contributed by atoms with Crippen LogP contribution in [0.1, 0.15) is 18.4 Å². The van der Waals surface area contributed by atoms with Crippen LogP contribution in [-0.4, -0.2) is 19.1 Å². The molecule has 0 atom stereocenters. The maximum atomic E-state index is 14.0. The Hall–Kier alpha value is -2.27. The van der Waals surface area contributed by atoms with Crippen LogP contribution in [0.3, 0.4) is 0 Å². The van der Waals surface area contributed by atoms with Crippen LogP contribution in [0.25, 0.3) is 0 Å². The fraction of sp³-hybridized carbons (Fsp3) is 0.316. The number of anilines is 1. The Morgan fingerprint density at radius 3 is 2.38 bits per heavy atom. The van der Waals surface area contributed by atoms with E-state index in [0.717, 1.165) is 0 Å². The Labute approximate surface area is 139 Å². The van der Waals surface area contributed by atoms with Crippen molar-refractivity contribution >= 4 is 11.6 Å². The Balaban J connectivity index is 1.89. The van der Waals surface area contributed by atoms with Crippen LogP contribution in [0.5, 0.6) is 0 Å². The first-order valence-electron chi connectivity index (χ1n) is 8.03. The molecule has 0 aliphatic carbocycles. The highest BCUT2D eigenvalue weighted by Gasteiger charge is 2.28. The summed E-state index contributed by atoms with van der Waals surface area (Å²) in [4.78, 5) is 14.5. The number of carbonyl (C=O) groups excluding carboxylic acids is 1. The highest BCUT2D eigenvalue weighted by molar-refractivity contribution is 5.95. The molecule has 2 aromatic carbocycles. The first-order chi connectivity index (χ1) is 11.6. The maximum Gasteiger partial charge on any atom is 0.230 e. The van der Waals surface area contributed by atoms with Crippen molar-refractivity contribution < 1.29 is 18.3 Å². The van der Waals surface area contributed by atoms with Crippen molar-refractivity contribution in [2.75, 3.05) is 18.1 Å². The second kappa shape index (κ2) is 7.53. The summed E-state index contributed by atoms with van der Waals surface area (Å²) in [7, 11) is 0. The number of carbonyl (C=O) groups is 1. The van der Waals surface area contributed by atoms with Gasteiger partial charge < -0.3 is 9.64 Å². The van der Waals surface area contributed by atoms with Gasteiger partial charge >= 0.3 is 0 Å². The van der Waals surface area contributed by atoms with Crippen molar-refractivity contribution in [1.82, 2.24) is 0 Å². The summed E-state index contributed by atoms with van der Waals surface area (Å²) in [5.41, 5.74) is 0.998. The third-order valence-electron chi connectivity index (χ3n) is 4.26. The van der Waals surface area contributed by atoms with E-state index in [1.807, 2.05) is 0 Å². The zero-order valence-electron chi connectivity index (χ0n) is 13.3. The zero-order chi connectivity index (χ0) is 16.9. The Bertz CT molecular complexity index is 697. The first-order valence-corrected chi connectivity index (χ1v) is 8.03. The maximum absolute atomic E-state index is 14.0. The van der Waals surface area contributed by atoms with E-state index >= 15 is 0 Å². The molecule has 1 aliphatic heterocycles. The van der Waals surface area contributed by atoms with E-state index in [4.69, 9.17) is 4.74 Å². The van der Waals surface area contributed by atoms with Crippen molar-refractivity contribution in [3.8, 4) is 0 Å². The van der Waals surface area contributed by atoms with Crippen LogP contribution in [0.15, 0.2) is 48.5 Å². The minimum atomic E-state index is -0.372. The van der Waals surface area contributed by atoms with Crippen LogP contribution in [0, 0.1) is 17.6 Å². The number of rotatable bonds is 4. The molecule has 0 N–H and O–H groups in total. The number of benzene rings is 2. The van der Waals surface area contributed by atoms with E-state index in [1.165, 1.54) is 23.1 Å². The highest BCUT2D eigenvalue weighted by atomic mass is 19.1. The predicted molar refractivity (Wildman–Crippen MR) is 87.5 cm³/mol. The summed E-state index contributed by atoms with van der Waals surface area (Å²) in [6.45, 7) is 1.22. The molecule has 1 amide bonds. The molecular weight excluding hydrogens is 312 g/mol. The Morgan fingerprint density at radius 2 is 1.71 bits per heavy atom. The summed E-state index contributed by atoms with van der Waals surface area (Å²) in [6.07, 6.45) is 1.29. The molecule has 0 radical (unpaired) electrons. The molecule has 0 spiro atoms. The Kier molecular flexibility index (Phi) is 5.20. The monoisotopic (exact) mass is 331 g/mol. The number of hydrogen-bond donors (Lipinski definition) is 0. The summed E-state index contributed by atoms with van der Waals surface area (Å²) >= 11 is 0. The third-order valence-corrected chi connectivity index (χ3v) is 4.26. The minimum absolute atomic E-state index is 0.0758. The summed E-state index contributed by atoms with van der Waals surface area (Å²) in [5, 5.41) is 0. The van der Waals surface area contributed by atoms with Gasteiger partial charge in [0.2, 0.25) is 5.91 Å². The van der Waals surface area contributed by atoms with Gasteiger partial charge in [0.15, 0.2) is 0 Å². The van der Waals surface area contributed by atoms with Gasteiger partial charge in [0.25, 0.3) is 0 Å². The molecule has 0 unspecified atom stereocenters. The molecule has 1 heterocycles. The third kappa shape index (κ3) is 3.79. The molecule has 5 heteroatoms. The normalized spacial score (nSPS) is 15.2. The van der Waals surface area contributed by atoms with E-state index in [2.05, 4.69) is 0 Å². The molecular formula is C19H19F2NO2. The summed E-state index contributed by atoms with van der Waals surface area (Å²) in [5.74, 6) is -0.962. The van der Waals surface area contributed by atoms with Gasteiger partial charge in [-0.05, 0) is 43.2 Å². The van der Waals surface area contributed by atoms with Gasteiger partial charge in [0.1, 0.15) is 11.6 Å². The number of ether oxygens (including phenoxy) is 1. The lowest BCUT2D eigenvalue weighted by molar-refractivity contribution is -0.125. The van der Waals surface area contributed by atoms with E-state index in [-0.39, 0.29) is 30.0 Å². The molecule has 2 aromatic rings. The van der Waals surface area contributed by atoms with Gasteiger partial charge in [-0.15, -0.1) is 0 Å². The van der Waals surface area contributed by atoms with Crippen molar-refractivity contribution in [3.05, 3.63) is 65.7 Å². The number of nitrogens with zero attached hydrogens (tertiary/aromatic N) is 1. The molecule has 3 nitrogen and oxygen atoms in total. The van der Waals surface area contributed by atoms with Crippen LogP contribution in [0.2, 0.25) is 0 Å². The number of halogens is 2. The Morgan fingerprint density at radius 1 is 1.04 bits per heavy atom. The van der Waals surface area contributed by atoms with Crippen LogP contribution in [-0.2, 0) is 16.1 Å². The SMILES string of the molecule is O=C(C1CCOCC1)N(Cc1ccccc1F)c1ccc(F)cc1. The van der Waals surface area contributed by atoms with Gasteiger partial charge in [0, 0.05) is 30.4 Å². The molecule has 126 valence electrons. The van der Waals surface area contributed by atoms with Gasteiger partial charge in [-0.3, -0.25) is 4.79 Å². The molecule has 3 rings (SSSR count). The predicted octanol–water partition coefficient (Wildman–Crippen LogP) is 3.92. The average molecular weight is 331 g/mol. The number of amides is 1. The fourth-order valence-electron chi connectivity index (χ4n) is 2.88. The lowest BCUT2D eigenvalue weighted by Gasteiger charge is -2.29. The smallest absolute Gasteiger partial charge is 0.230 e. The average Bonchev–Trinajstić information content (AvgIpc) is 2.62. The van der Waals surface area contributed by atoms with Gasteiger partial charge in [-0.2, -0.15) is 0 Å².